The van der Waals surface area contributed by atoms with Crippen molar-refractivity contribution in [2.24, 2.45) is 0 Å². The van der Waals surface area contributed by atoms with Crippen LogP contribution >= 0.6 is 0 Å². The first-order valence-electron chi connectivity index (χ1n) is 10.0. The number of nitrogens with one attached hydrogen (secondary N) is 1. The van der Waals surface area contributed by atoms with Gasteiger partial charge in [-0.2, -0.15) is 0 Å². The van der Waals surface area contributed by atoms with Crippen LogP contribution < -0.4 is 0 Å². The zero-order valence-electron chi connectivity index (χ0n) is 16.3. The monoisotopic (exact) mass is 387 g/mol. The Kier molecular flexibility index (Phi) is 4.31. The number of fused-ring (bicyclic) bond motifs is 2. The Balaban J connectivity index is 1.35. The molecule has 1 N–H and O–H groups in total. The Hall–Kier alpha value is -3.21. The second kappa shape index (κ2) is 6.99. The Bertz CT molecular complexity index is 1220. The first-order chi connectivity index (χ1) is 14.1. The van der Waals surface area contributed by atoms with Crippen molar-refractivity contribution in [2.75, 3.05) is 13.1 Å². The Morgan fingerprint density at radius 3 is 2.76 bits per heavy atom. The molecule has 0 atom stereocenters. The van der Waals surface area contributed by atoms with E-state index >= 15 is 0 Å². The van der Waals surface area contributed by atoms with Crippen molar-refractivity contribution in [1.82, 2.24) is 14.9 Å². The van der Waals surface area contributed by atoms with Gasteiger partial charge in [-0.05, 0) is 55.5 Å². The van der Waals surface area contributed by atoms with Gasteiger partial charge in [0.1, 0.15) is 5.82 Å². The van der Waals surface area contributed by atoms with Gasteiger partial charge in [-0.25, -0.2) is 4.39 Å². The summed E-state index contributed by atoms with van der Waals surface area (Å²) in [6, 6.07) is 14.7. The first-order valence-corrected chi connectivity index (χ1v) is 10.0. The van der Waals surface area contributed by atoms with Crippen LogP contribution in [0.5, 0.6) is 0 Å². The highest BCUT2D eigenvalue weighted by atomic mass is 19.1. The summed E-state index contributed by atoms with van der Waals surface area (Å²) in [5.41, 5.74) is 4.34. The third-order valence-electron chi connectivity index (χ3n) is 6.04. The van der Waals surface area contributed by atoms with Crippen molar-refractivity contribution in [2.45, 2.75) is 25.7 Å². The highest BCUT2D eigenvalue weighted by molar-refractivity contribution is 5.98. The number of hydrogen-bond donors (Lipinski definition) is 1. The van der Waals surface area contributed by atoms with Crippen molar-refractivity contribution < 1.29 is 9.18 Å². The van der Waals surface area contributed by atoms with Gasteiger partial charge in [0.05, 0.1) is 16.8 Å². The zero-order valence-corrected chi connectivity index (χ0v) is 16.3. The van der Waals surface area contributed by atoms with Gasteiger partial charge in [-0.1, -0.05) is 18.2 Å². The van der Waals surface area contributed by atoms with Crippen LogP contribution in [0.15, 0.2) is 54.7 Å². The Morgan fingerprint density at radius 2 is 1.93 bits per heavy atom. The number of pyridine rings is 1. The molecule has 5 heteroatoms. The number of carbonyl (C=O) groups excluding carboxylic acids is 1. The van der Waals surface area contributed by atoms with E-state index in [0.717, 1.165) is 36.8 Å². The van der Waals surface area contributed by atoms with E-state index in [2.05, 4.69) is 34.4 Å². The van der Waals surface area contributed by atoms with E-state index in [1.54, 1.807) is 6.07 Å². The molecule has 0 unspecified atom stereocenters. The van der Waals surface area contributed by atoms with Crippen LogP contribution in [0.25, 0.3) is 21.8 Å². The second-order valence-electron chi connectivity index (χ2n) is 7.81. The van der Waals surface area contributed by atoms with E-state index in [-0.39, 0.29) is 11.7 Å². The minimum Gasteiger partial charge on any atom is -0.361 e. The van der Waals surface area contributed by atoms with Crippen molar-refractivity contribution in [1.29, 1.82) is 0 Å². The highest BCUT2D eigenvalue weighted by Crippen LogP contribution is 2.33. The van der Waals surface area contributed by atoms with Gasteiger partial charge in [0.2, 0.25) is 0 Å². The lowest BCUT2D eigenvalue weighted by atomic mass is 9.89. The fourth-order valence-corrected chi connectivity index (χ4v) is 4.45. The van der Waals surface area contributed by atoms with E-state index in [0.29, 0.717) is 22.7 Å². The molecular weight excluding hydrogens is 365 g/mol. The van der Waals surface area contributed by atoms with E-state index < -0.39 is 0 Å². The van der Waals surface area contributed by atoms with Crippen LogP contribution in [0.1, 0.15) is 40.4 Å². The summed E-state index contributed by atoms with van der Waals surface area (Å²) in [6.45, 7) is 3.27. The molecule has 0 aliphatic carbocycles. The summed E-state index contributed by atoms with van der Waals surface area (Å²) in [6.07, 6.45) is 4.00. The minimum absolute atomic E-state index is 0.0126. The van der Waals surface area contributed by atoms with E-state index in [1.165, 1.54) is 23.1 Å². The van der Waals surface area contributed by atoms with Crippen LogP contribution in [0.2, 0.25) is 0 Å². The fourth-order valence-electron chi connectivity index (χ4n) is 4.45. The topological polar surface area (TPSA) is 49.0 Å². The van der Waals surface area contributed by atoms with Gasteiger partial charge in [-0.15, -0.1) is 0 Å². The van der Waals surface area contributed by atoms with Crippen molar-refractivity contribution in [3.8, 4) is 0 Å². The molecule has 1 fully saturated rings. The highest BCUT2D eigenvalue weighted by Gasteiger charge is 2.27. The summed E-state index contributed by atoms with van der Waals surface area (Å²) in [4.78, 5) is 22.9. The van der Waals surface area contributed by atoms with Gasteiger partial charge in [0.15, 0.2) is 0 Å². The Morgan fingerprint density at radius 1 is 1.14 bits per heavy atom. The minimum atomic E-state index is -0.317. The molecule has 1 aliphatic rings. The number of para-hydroxylation sites is 1. The predicted molar refractivity (Wildman–Crippen MR) is 113 cm³/mol. The molecule has 1 saturated heterocycles. The third kappa shape index (κ3) is 3.16. The van der Waals surface area contributed by atoms with Crippen LogP contribution in [0, 0.1) is 12.7 Å². The van der Waals surface area contributed by atoms with E-state index in [9.17, 15) is 9.18 Å². The number of hydrogen-bond acceptors (Lipinski definition) is 2. The molecule has 4 nitrogen and oxygen atoms in total. The maximum Gasteiger partial charge on any atom is 0.255 e. The largest absolute Gasteiger partial charge is 0.361 e. The summed E-state index contributed by atoms with van der Waals surface area (Å²) >= 11 is 0. The number of aromatic amines is 1. The second-order valence-corrected chi connectivity index (χ2v) is 7.81. The number of aromatic nitrogens is 2. The number of piperidine rings is 1. The molecule has 0 spiro atoms. The van der Waals surface area contributed by atoms with Crippen LogP contribution in [0.4, 0.5) is 4.39 Å². The van der Waals surface area contributed by atoms with Gasteiger partial charge in [0.25, 0.3) is 5.91 Å². The summed E-state index contributed by atoms with van der Waals surface area (Å²) in [5, 5.41) is 2.06. The number of halogens is 1. The zero-order chi connectivity index (χ0) is 20.0. The molecular formula is C24H22FN3O. The van der Waals surface area contributed by atoms with Crippen LogP contribution in [-0.4, -0.2) is 33.9 Å². The summed E-state index contributed by atoms with van der Waals surface area (Å²) in [5.74, 6) is 0.149. The molecule has 2 aromatic carbocycles. The number of nitrogens with zero attached hydrogens (tertiary/aromatic N) is 2. The fraction of sp³-hybridized carbons (Fsp3) is 0.250. The average Bonchev–Trinajstić information content (AvgIpc) is 3.17. The van der Waals surface area contributed by atoms with Crippen molar-refractivity contribution >= 4 is 27.7 Å². The van der Waals surface area contributed by atoms with Gasteiger partial charge in [0, 0.05) is 41.6 Å². The molecule has 146 valence electrons. The first kappa shape index (κ1) is 17.9. The molecule has 4 aromatic rings. The van der Waals surface area contributed by atoms with Crippen LogP contribution in [0.3, 0.4) is 0 Å². The number of amides is 1. The molecule has 29 heavy (non-hydrogen) atoms. The van der Waals surface area contributed by atoms with Gasteiger partial charge < -0.3 is 9.88 Å². The van der Waals surface area contributed by atoms with Gasteiger partial charge >= 0.3 is 0 Å². The summed E-state index contributed by atoms with van der Waals surface area (Å²) < 4.78 is 13.5. The number of aryl methyl sites for hydroxylation is 1. The van der Waals surface area contributed by atoms with Gasteiger partial charge in [-0.3, -0.25) is 9.78 Å². The smallest absolute Gasteiger partial charge is 0.255 e. The molecule has 0 radical (unpaired) electrons. The maximum atomic E-state index is 13.5. The molecule has 1 aliphatic heterocycles. The summed E-state index contributed by atoms with van der Waals surface area (Å²) in [7, 11) is 0. The molecule has 0 bridgehead atoms. The van der Waals surface area contributed by atoms with Crippen LogP contribution in [-0.2, 0) is 0 Å². The normalized spacial score (nSPS) is 15.3. The number of carbonyl (C=O) groups is 1. The third-order valence-corrected chi connectivity index (χ3v) is 6.04. The molecule has 1 amide bonds. The maximum absolute atomic E-state index is 13.5. The molecule has 2 aromatic heterocycles. The number of likely N-dealkylation sites (tertiary alicyclic amines) is 1. The predicted octanol–water partition coefficient (Wildman–Crippen LogP) is 5.18. The molecule has 3 heterocycles. The SMILES string of the molecule is Cc1nc2cc(F)ccc2cc1C(=O)N1CCC(c2c[nH]c3ccccc23)CC1. The lowest BCUT2D eigenvalue weighted by molar-refractivity contribution is 0.0712. The van der Waals surface area contributed by atoms with Crippen molar-refractivity contribution in [3.05, 3.63) is 77.4 Å². The van der Waals surface area contributed by atoms with E-state index in [1.807, 2.05) is 24.0 Å². The number of benzene rings is 2. The average molecular weight is 387 g/mol. The Labute approximate surface area is 168 Å². The lowest BCUT2D eigenvalue weighted by Gasteiger charge is -2.32. The quantitative estimate of drug-likeness (QED) is 0.515. The number of H-pyrrole nitrogens is 1. The number of rotatable bonds is 2. The molecule has 5 rings (SSSR count). The van der Waals surface area contributed by atoms with E-state index in [4.69, 9.17) is 0 Å². The standard InChI is InChI=1S/C24H22FN3O/c1-15-20(12-17-6-7-18(25)13-23(17)27-15)24(29)28-10-8-16(9-11-28)21-14-26-22-5-3-2-4-19(21)22/h2-7,12-14,16,26H,8-11H2,1H3. The lowest BCUT2D eigenvalue weighted by Crippen LogP contribution is -2.38. The van der Waals surface area contributed by atoms with Crippen molar-refractivity contribution in [3.63, 3.8) is 0 Å². The molecule has 0 saturated carbocycles.